The summed E-state index contributed by atoms with van der Waals surface area (Å²) >= 11 is 1.07. The fraction of sp³-hybridized carbons (Fsp3) is 0.362. The SMILES string of the molecule is CC(C)(C)c1[c-]c2c(cc1)-c1ccc(C(C)(C)C)cc1C2.CCCCc1ccc([C](=[Hf+2])c2ccc(C(C)(C)C)cc2)cc1.c1cc[cH-]c1. The van der Waals surface area contributed by atoms with Gasteiger partial charge in [0, 0.05) is 0 Å². The van der Waals surface area contributed by atoms with Crippen molar-refractivity contribution < 1.29 is 23.9 Å². The van der Waals surface area contributed by atoms with E-state index in [-0.39, 0.29) is 16.2 Å². The largest absolute Gasteiger partial charge is 0.214 e. The molecule has 0 aromatic heterocycles. The summed E-state index contributed by atoms with van der Waals surface area (Å²) < 4.78 is 1.49. The van der Waals surface area contributed by atoms with E-state index in [1.165, 1.54) is 78.2 Å². The molecule has 0 saturated heterocycles. The van der Waals surface area contributed by atoms with E-state index in [1.54, 1.807) is 0 Å². The van der Waals surface area contributed by atoms with Crippen molar-refractivity contribution in [3.8, 4) is 11.1 Å². The van der Waals surface area contributed by atoms with Gasteiger partial charge in [0.15, 0.2) is 0 Å². The van der Waals surface area contributed by atoms with Crippen LogP contribution in [0.25, 0.3) is 11.1 Å². The summed E-state index contributed by atoms with van der Waals surface area (Å²) in [6.45, 7) is 22.6. The molecule has 1 aliphatic carbocycles. The van der Waals surface area contributed by atoms with Gasteiger partial charge in [0.25, 0.3) is 0 Å². The second-order valence-electron chi connectivity index (χ2n) is 16.3. The van der Waals surface area contributed by atoms with Crippen molar-refractivity contribution in [1.29, 1.82) is 0 Å². The van der Waals surface area contributed by atoms with Crippen LogP contribution in [0.4, 0.5) is 0 Å². The van der Waals surface area contributed by atoms with Crippen LogP contribution in [0.3, 0.4) is 0 Å². The predicted octanol–water partition coefficient (Wildman–Crippen LogP) is 12.5. The Bertz CT molecular complexity index is 1670. The summed E-state index contributed by atoms with van der Waals surface area (Å²) in [5.74, 6) is 0. The molecule has 0 unspecified atom stereocenters. The summed E-state index contributed by atoms with van der Waals surface area (Å²) in [5, 5.41) is 0. The van der Waals surface area contributed by atoms with Crippen LogP contribution in [0.1, 0.15) is 127 Å². The first-order chi connectivity index (χ1) is 22.6. The molecule has 5 aromatic carbocycles. The van der Waals surface area contributed by atoms with E-state index in [1.807, 2.05) is 30.3 Å². The zero-order chi connectivity index (χ0) is 35.1. The first-order valence-corrected chi connectivity index (χ1v) is 19.5. The third-order valence-corrected chi connectivity index (χ3v) is 11.2. The van der Waals surface area contributed by atoms with E-state index >= 15 is 0 Å². The van der Waals surface area contributed by atoms with Gasteiger partial charge in [0.2, 0.25) is 0 Å². The zero-order valence-electron chi connectivity index (χ0n) is 31.2. The molecule has 1 heteroatoms. The maximum atomic E-state index is 3.67. The Hall–Kier alpha value is -3.03. The monoisotopic (exact) mass is 800 g/mol. The molecular weight excluding hydrogens is 743 g/mol. The molecule has 0 saturated carbocycles. The molecule has 5 aromatic rings. The van der Waals surface area contributed by atoms with Gasteiger partial charge in [0.05, 0.1) is 0 Å². The summed E-state index contributed by atoms with van der Waals surface area (Å²) in [7, 11) is 0. The average Bonchev–Trinajstić information content (AvgIpc) is 3.74. The van der Waals surface area contributed by atoms with Crippen LogP contribution < -0.4 is 0 Å². The van der Waals surface area contributed by atoms with Crippen LogP contribution in [0.15, 0.2) is 109 Å². The molecule has 0 N–H and O–H groups in total. The standard InChI is InChI=1S/C21H25.C21H26.C5H5.Hf/c1-20(2,3)16-7-9-18-14(12-16)11-15-13-17(21(4,5)6)8-10-19(15)18;1-5-6-7-17-8-10-18(11-9-17)16-19-12-14-20(15-13-19)21(2,3)4;1-2-4-5-3-1;/h7-10,12H,11H2,1-6H3;8-15H,5-7H2,1-4H3;1-5H;/q-1;;-1;+2. The third-order valence-electron chi connectivity index (χ3n) is 9.12. The van der Waals surface area contributed by atoms with Crippen molar-refractivity contribution in [3.63, 3.8) is 0 Å². The van der Waals surface area contributed by atoms with Crippen LogP contribution in [0.5, 0.6) is 0 Å². The molecule has 0 spiro atoms. The van der Waals surface area contributed by atoms with Gasteiger partial charge in [-0.2, -0.15) is 42.0 Å². The van der Waals surface area contributed by atoms with Crippen LogP contribution in [0.2, 0.25) is 0 Å². The molecule has 48 heavy (non-hydrogen) atoms. The van der Waals surface area contributed by atoms with Gasteiger partial charge in [0.1, 0.15) is 0 Å². The summed E-state index contributed by atoms with van der Waals surface area (Å²) in [6.07, 6.45) is 4.77. The molecule has 0 radical (unpaired) electrons. The number of aryl methyl sites for hydroxylation is 1. The molecule has 6 rings (SSSR count). The quantitative estimate of drug-likeness (QED) is 0.120. The van der Waals surface area contributed by atoms with E-state index in [2.05, 4.69) is 154 Å². The van der Waals surface area contributed by atoms with Crippen LogP contribution in [-0.4, -0.2) is 3.26 Å². The van der Waals surface area contributed by atoms with E-state index < -0.39 is 0 Å². The molecule has 0 heterocycles. The first-order valence-electron chi connectivity index (χ1n) is 17.7. The second kappa shape index (κ2) is 16.1. The van der Waals surface area contributed by atoms with Crippen LogP contribution in [-0.2, 0) is 53.0 Å². The second-order valence-corrected chi connectivity index (χ2v) is 18.1. The Labute approximate surface area is 307 Å². The minimum absolute atomic E-state index is 0.167. The molecule has 0 bridgehead atoms. The van der Waals surface area contributed by atoms with Gasteiger partial charge in [-0.05, 0) is 28.4 Å². The average molecular weight is 799 g/mol. The Morgan fingerprint density at radius 1 is 0.667 bits per heavy atom. The van der Waals surface area contributed by atoms with Crippen molar-refractivity contribution in [3.05, 3.63) is 160 Å². The van der Waals surface area contributed by atoms with E-state index in [0.29, 0.717) is 0 Å². The molecule has 1 aliphatic rings. The summed E-state index contributed by atoms with van der Waals surface area (Å²) in [4.78, 5) is 0. The van der Waals surface area contributed by atoms with E-state index in [4.69, 9.17) is 0 Å². The minimum atomic E-state index is 0.167. The van der Waals surface area contributed by atoms with Crippen LogP contribution in [0, 0.1) is 6.07 Å². The maximum absolute atomic E-state index is 3.67. The number of unbranched alkanes of at least 4 members (excludes halogenated alkanes) is 1. The number of hydrogen-bond donors (Lipinski definition) is 0. The smallest absolute Gasteiger partial charge is 0.172 e. The van der Waals surface area contributed by atoms with Crippen molar-refractivity contribution >= 4 is 3.26 Å². The van der Waals surface area contributed by atoms with E-state index in [0.717, 1.165) is 30.3 Å². The Balaban J connectivity index is 0.000000189. The molecule has 0 amide bonds. The van der Waals surface area contributed by atoms with E-state index in [9.17, 15) is 0 Å². The fourth-order valence-electron chi connectivity index (χ4n) is 5.87. The minimum Gasteiger partial charge on any atom is -0.214 e. The number of fused-ring (bicyclic) bond motifs is 3. The molecule has 248 valence electrons. The van der Waals surface area contributed by atoms with Crippen LogP contribution >= 0.6 is 0 Å². The Morgan fingerprint density at radius 2 is 1.21 bits per heavy atom. The van der Waals surface area contributed by atoms with Gasteiger partial charge in [-0.3, -0.25) is 0 Å². The maximum Gasteiger partial charge on any atom is -0.172 e. The topological polar surface area (TPSA) is 0 Å². The summed E-state index contributed by atoms with van der Waals surface area (Å²) in [6, 6.07) is 43.5. The molecule has 0 nitrogen and oxygen atoms in total. The van der Waals surface area contributed by atoms with Crippen molar-refractivity contribution in [2.24, 2.45) is 0 Å². The number of benzene rings is 4. The predicted molar refractivity (Wildman–Crippen MR) is 206 cm³/mol. The molecule has 0 atom stereocenters. The van der Waals surface area contributed by atoms with Crippen molar-refractivity contribution in [2.75, 3.05) is 0 Å². The number of hydrogen-bond acceptors (Lipinski definition) is 0. The normalized spacial score (nSPS) is 12.2. The number of rotatable bonds is 5. The van der Waals surface area contributed by atoms with Crippen molar-refractivity contribution in [1.82, 2.24) is 0 Å². The third kappa shape index (κ3) is 10.2. The van der Waals surface area contributed by atoms with Gasteiger partial charge < -0.3 is 0 Å². The first kappa shape index (κ1) is 37.8. The van der Waals surface area contributed by atoms with Gasteiger partial charge in [-0.1, -0.05) is 65.3 Å². The van der Waals surface area contributed by atoms with Gasteiger partial charge in [-0.25, -0.2) is 12.1 Å². The zero-order valence-corrected chi connectivity index (χ0v) is 34.8. The Morgan fingerprint density at radius 3 is 1.71 bits per heavy atom. The molecule has 0 fully saturated rings. The summed E-state index contributed by atoms with van der Waals surface area (Å²) in [5.41, 5.74) is 14.6. The molecular formula is C47H56Hf. The Kier molecular flexibility index (Phi) is 12.7. The van der Waals surface area contributed by atoms with Gasteiger partial charge >= 0.3 is 150 Å². The fourth-order valence-corrected chi connectivity index (χ4v) is 7.07. The van der Waals surface area contributed by atoms with Crippen molar-refractivity contribution in [2.45, 2.75) is 111 Å². The molecule has 0 aliphatic heterocycles. The van der Waals surface area contributed by atoms with Gasteiger partial charge in [-0.15, -0.1) is 11.1 Å².